The Morgan fingerprint density at radius 3 is 2.66 bits per heavy atom. The highest BCUT2D eigenvalue weighted by Gasteiger charge is 2.46. The molecule has 29 heavy (non-hydrogen) atoms. The number of nitrogens with one attached hydrogen (secondary N) is 1. The van der Waals surface area contributed by atoms with E-state index in [1.165, 1.54) is 0 Å². The Morgan fingerprint density at radius 2 is 1.90 bits per heavy atom. The molecule has 0 saturated carbocycles. The van der Waals surface area contributed by atoms with E-state index >= 15 is 0 Å². The number of amides is 1. The normalized spacial score (nSPS) is 18.7. The summed E-state index contributed by atoms with van der Waals surface area (Å²) in [6.07, 6.45) is 2.55. The number of rotatable bonds is 4. The van der Waals surface area contributed by atoms with E-state index in [0.29, 0.717) is 12.1 Å². The summed E-state index contributed by atoms with van der Waals surface area (Å²) in [5, 5.41) is 12.1. The highest BCUT2D eigenvalue weighted by Crippen LogP contribution is 2.42. The van der Waals surface area contributed by atoms with Crippen LogP contribution in [-0.4, -0.2) is 33.2 Å². The SMILES string of the molecule is CCCN1C(=O)C(=O)/C(=C(/O)c2cc(C)ccc2C)C1c1c[nH]c2ccccc12. The number of aliphatic hydroxyl groups is 1. The maximum atomic E-state index is 13.0. The topological polar surface area (TPSA) is 73.4 Å². The number of para-hydroxylation sites is 1. The predicted octanol–water partition coefficient (Wildman–Crippen LogP) is 4.62. The van der Waals surface area contributed by atoms with E-state index in [9.17, 15) is 14.7 Å². The number of aromatic nitrogens is 1. The highest BCUT2D eigenvalue weighted by atomic mass is 16.3. The fourth-order valence-electron chi connectivity index (χ4n) is 4.13. The number of likely N-dealkylation sites (tertiary alicyclic amines) is 1. The zero-order chi connectivity index (χ0) is 20.7. The van der Waals surface area contributed by atoms with Crippen LogP contribution < -0.4 is 0 Å². The maximum Gasteiger partial charge on any atom is 0.295 e. The van der Waals surface area contributed by atoms with Crippen molar-refractivity contribution in [3.05, 3.63) is 76.5 Å². The Hall–Kier alpha value is -3.34. The number of aliphatic hydroxyl groups excluding tert-OH is 1. The molecule has 1 aliphatic rings. The van der Waals surface area contributed by atoms with Crippen LogP contribution in [0, 0.1) is 13.8 Å². The molecule has 1 atom stereocenters. The summed E-state index contributed by atoms with van der Waals surface area (Å²) in [7, 11) is 0. The molecule has 1 aliphatic heterocycles. The number of carbonyl (C=O) groups is 2. The van der Waals surface area contributed by atoms with E-state index in [0.717, 1.165) is 34.0 Å². The molecule has 4 rings (SSSR count). The van der Waals surface area contributed by atoms with Crippen LogP contribution in [0.3, 0.4) is 0 Å². The van der Waals surface area contributed by atoms with Gasteiger partial charge >= 0.3 is 0 Å². The second kappa shape index (κ2) is 7.24. The number of aromatic amines is 1. The zero-order valence-electron chi connectivity index (χ0n) is 16.8. The Balaban J connectivity index is 1.98. The van der Waals surface area contributed by atoms with Crippen molar-refractivity contribution in [3.8, 4) is 0 Å². The summed E-state index contributed by atoms with van der Waals surface area (Å²) in [6, 6.07) is 12.9. The molecule has 0 spiro atoms. The van der Waals surface area contributed by atoms with Gasteiger partial charge in [-0.05, 0) is 38.0 Å². The summed E-state index contributed by atoms with van der Waals surface area (Å²) in [5.74, 6) is -1.31. The minimum atomic E-state index is -0.632. The van der Waals surface area contributed by atoms with Crippen LogP contribution in [-0.2, 0) is 9.59 Å². The number of ketones is 1. The van der Waals surface area contributed by atoms with Gasteiger partial charge in [0, 0.05) is 34.8 Å². The van der Waals surface area contributed by atoms with Gasteiger partial charge in [0.1, 0.15) is 5.76 Å². The van der Waals surface area contributed by atoms with Gasteiger partial charge in [-0.1, -0.05) is 42.8 Å². The number of carbonyl (C=O) groups excluding carboxylic acids is 2. The lowest BCUT2D eigenvalue weighted by atomic mass is 9.93. The highest BCUT2D eigenvalue weighted by molar-refractivity contribution is 6.46. The van der Waals surface area contributed by atoms with Gasteiger partial charge in [-0.3, -0.25) is 9.59 Å². The summed E-state index contributed by atoms with van der Waals surface area (Å²) in [6.45, 7) is 6.23. The molecule has 148 valence electrons. The standard InChI is InChI=1S/C24H24N2O3/c1-4-11-26-21(18-13-25-19-8-6-5-7-16(18)19)20(23(28)24(26)29)22(27)17-12-14(2)9-10-15(17)3/h5-10,12-13,21,25,27H,4,11H2,1-3H3/b22-20+. The molecule has 2 N–H and O–H groups in total. The second-order valence-corrected chi connectivity index (χ2v) is 7.60. The molecule has 0 aliphatic carbocycles. The van der Waals surface area contributed by atoms with E-state index in [1.807, 2.05) is 69.4 Å². The molecule has 1 fully saturated rings. The first-order valence-corrected chi connectivity index (χ1v) is 9.86. The lowest BCUT2D eigenvalue weighted by Gasteiger charge is -2.24. The first kappa shape index (κ1) is 19.0. The first-order valence-electron chi connectivity index (χ1n) is 9.86. The molecule has 2 aromatic carbocycles. The van der Waals surface area contributed by atoms with Crippen LogP contribution in [0.5, 0.6) is 0 Å². The molecule has 3 aromatic rings. The van der Waals surface area contributed by atoms with E-state index in [1.54, 1.807) is 4.90 Å². The van der Waals surface area contributed by atoms with E-state index in [4.69, 9.17) is 0 Å². The van der Waals surface area contributed by atoms with E-state index < -0.39 is 17.7 Å². The third-order valence-electron chi connectivity index (χ3n) is 5.57. The average Bonchev–Trinajstić information content (AvgIpc) is 3.24. The molecule has 0 bridgehead atoms. The van der Waals surface area contributed by atoms with Crippen molar-refractivity contribution in [3.63, 3.8) is 0 Å². The van der Waals surface area contributed by atoms with Crippen LogP contribution in [0.1, 0.15) is 41.6 Å². The third kappa shape index (κ3) is 3.03. The molecular weight excluding hydrogens is 364 g/mol. The van der Waals surface area contributed by atoms with Crippen molar-refractivity contribution in [2.45, 2.75) is 33.2 Å². The minimum Gasteiger partial charge on any atom is -0.507 e. The lowest BCUT2D eigenvalue weighted by molar-refractivity contribution is -0.139. The monoisotopic (exact) mass is 388 g/mol. The van der Waals surface area contributed by atoms with Crippen LogP contribution in [0.15, 0.2) is 54.2 Å². The Morgan fingerprint density at radius 1 is 1.14 bits per heavy atom. The van der Waals surface area contributed by atoms with Gasteiger partial charge in [0.05, 0.1) is 11.6 Å². The average molecular weight is 388 g/mol. The zero-order valence-corrected chi connectivity index (χ0v) is 16.8. The summed E-state index contributed by atoms with van der Waals surface area (Å²) >= 11 is 0. The number of Topliss-reactive ketones (excluding diaryl/α,β-unsaturated/α-hetero) is 1. The van der Waals surface area contributed by atoms with Crippen LogP contribution in [0.25, 0.3) is 16.7 Å². The van der Waals surface area contributed by atoms with Crippen LogP contribution in [0.4, 0.5) is 0 Å². The number of H-pyrrole nitrogens is 1. The van der Waals surface area contributed by atoms with Gasteiger partial charge in [-0.25, -0.2) is 0 Å². The van der Waals surface area contributed by atoms with Gasteiger partial charge in [0.15, 0.2) is 0 Å². The quantitative estimate of drug-likeness (QED) is 0.389. The number of nitrogens with zero attached hydrogens (tertiary/aromatic N) is 1. The molecule has 1 saturated heterocycles. The Labute approximate surface area is 169 Å². The fourth-order valence-corrected chi connectivity index (χ4v) is 4.13. The fraction of sp³-hybridized carbons (Fsp3) is 0.250. The largest absolute Gasteiger partial charge is 0.507 e. The molecule has 1 amide bonds. The van der Waals surface area contributed by atoms with Crippen molar-refractivity contribution in [1.82, 2.24) is 9.88 Å². The minimum absolute atomic E-state index is 0.113. The second-order valence-electron chi connectivity index (χ2n) is 7.60. The van der Waals surface area contributed by atoms with Crippen molar-refractivity contribution in [2.75, 3.05) is 6.54 Å². The van der Waals surface area contributed by atoms with Gasteiger partial charge in [-0.2, -0.15) is 0 Å². The molecular formula is C24H24N2O3. The van der Waals surface area contributed by atoms with Gasteiger partial charge < -0.3 is 15.0 Å². The van der Waals surface area contributed by atoms with E-state index in [2.05, 4.69) is 4.98 Å². The predicted molar refractivity (Wildman–Crippen MR) is 114 cm³/mol. The Bertz CT molecular complexity index is 1160. The summed E-state index contributed by atoms with van der Waals surface area (Å²) in [5.41, 5.74) is 4.32. The van der Waals surface area contributed by atoms with Gasteiger partial charge in [0.2, 0.25) is 0 Å². The lowest BCUT2D eigenvalue weighted by Crippen LogP contribution is -2.30. The summed E-state index contributed by atoms with van der Waals surface area (Å²) < 4.78 is 0. The number of hydrogen-bond donors (Lipinski definition) is 2. The van der Waals surface area contributed by atoms with Crippen molar-refractivity contribution in [2.24, 2.45) is 0 Å². The van der Waals surface area contributed by atoms with Gasteiger partial charge in [0.25, 0.3) is 11.7 Å². The molecule has 1 aromatic heterocycles. The van der Waals surface area contributed by atoms with Crippen molar-refractivity contribution >= 4 is 28.4 Å². The number of fused-ring (bicyclic) bond motifs is 1. The molecule has 1 unspecified atom stereocenters. The molecule has 0 radical (unpaired) electrons. The van der Waals surface area contributed by atoms with E-state index in [-0.39, 0.29) is 11.3 Å². The van der Waals surface area contributed by atoms with Crippen molar-refractivity contribution < 1.29 is 14.7 Å². The first-order chi connectivity index (χ1) is 13.9. The third-order valence-corrected chi connectivity index (χ3v) is 5.57. The molecule has 5 nitrogen and oxygen atoms in total. The Kier molecular flexibility index (Phi) is 4.74. The number of benzene rings is 2. The summed E-state index contributed by atoms with van der Waals surface area (Å²) in [4.78, 5) is 30.7. The maximum absolute atomic E-state index is 13.0. The number of hydrogen-bond acceptors (Lipinski definition) is 3. The van der Waals surface area contributed by atoms with Crippen LogP contribution in [0.2, 0.25) is 0 Å². The smallest absolute Gasteiger partial charge is 0.295 e. The number of aryl methyl sites for hydroxylation is 2. The molecule has 5 heteroatoms. The van der Waals surface area contributed by atoms with Crippen LogP contribution >= 0.6 is 0 Å². The molecule has 2 heterocycles. The van der Waals surface area contributed by atoms with Gasteiger partial charge in [-0.15, -0.1) is 0 Å². The van der Waals surface area contributed by atoms with Crippen molar-refractivity contribution in [1.29, 1.82) is 0 Å².